The molecule has 2 rings (SSSR count). The number of nitrogens with zero attached hydrogens (tertiary/aromatic N) is 4. The first kappa shape index (κ1) is 11.5. The van der Waals surface area contributed by atoms with Crippen molar-refractivity contribution in [3.63, 3.8) is 0 Å². The molecule has 0 aromatic carbocycles. The lowest BCUT2D eigenvalue weighted by Crippen LogP contribution is -2.06. The highest BCUT2D eigenvalue weighted by Gasteiger charge is 2.17. The lowest BCUT2D eigenvalue weighted by Gasteiger charge is -2.00. The Labute approximate surface area is 101 Å². The fraction of sp³-hybridized carbons (Fsp3) is 0.333. The van der Waals surface area contributed by atoms with Crippen LogP contribution in [0.1, 0.15) is 5.01 Å². The average Bonchev–Trinajstić information content (AvgIpc) is 2.88. The molecule has 1 N–H and O–H groups in total. The third-order valence-corrected chi connectivity index (χ3v) is 2.96. The summed E-state index contributed by atoms with van der Waals surface area (Å²) in [6.07, 6.45) is 3.85. The Morgan fingerprint density at radius 3 is 3.12 bits per heavy atom. The molecule has 7 nitrogen and oxygen atoms in total. The van der Waals surface area contributed by atoms with Gasteiger partial charge in [-0.15, -0.1) is 16.4 Å². The van der Waals surface area contributed by atoms with Gasteiger partial charge in [0, 0.05) is 31.6 Å². The fourth-order valence-electron chi connectivity index (χ4n) is 1.40. The van der Waals surface area contributed by atoms with E-state index in [-0.39, 0.29) is 5.69 Å². The van der Waals surface area contributed by atoms with Crippen molar-refractivity contribution in [2.75, 3.05) is 11.9 Å². The smallest absolute Gasteiger partial charge is 0.330 e. The van der Waals surface area contributed by atoms with Crippen molar-refractivity contribution in [3.8, 4) is 0 Å². The first-order valence-corrected chi connectivity index (χ1v) is 5.85. The normalized spacial score (nSPS) is 10.4. The van der Waals surface area contributed by atoms with Crippen LogP contribution in [0.3, 0.4) is 0 Å². The Morgan fingerprint density at radius 1 is 1.65 bits per heavy atom. The van der Waals surface area contributed by atoms with Crippen LogP contribution in [0, 0.1) is 10.1 Å². The van der Waals surface area contributed by atoms with Gasteiger partial charge in [0.2, 0.25) is 5.82 Å². The molecule has 0 aliphatic carbocycles. The van der Waals surface area contributed by atoms with Gasteiger partial charge in [-0.25, -0.2) is 4.98 Å². The zero-order chi connectivity index (χ0) is 12.3. The zero-order valence-electron chi connectivity index (χ0n) is 9.16. The number of hydrogen-bond donors (Lipinski definition) is 1. The van der Waals surface area contributed by atoms with Crippen LogP contribution in [0.25, 0.3) is 0 Å². The molecule has 8 heteroatoms. The third-order valence-electron chi connectivity index (χ3n) is 2.12. The molecule has 2 aromatic rings. The van der Waals surface area contributed by atoms with Crippen LogP contribution in [0.2, 0.25) is 0 Å². The molecule has 90 valence electrons. The average molecular weight is 253 g/mol. The highest BCUT2D eigenvalue weighted by Crippen LogP contribution is 2.21. The molecule has 0 fully saturated rings. The maximum absolute atomic E-state index is 10.7. The number of aryl methyl sites for hydroxylation is 1. The molecule has 2 heterocycles. The SMILES string of the molecule is Cn1cc([N+](=O)[O-])c(NCCc2nccs2)n1. The number of rotatable bonds is 5. The van der Waals surface area contributed by atoms with Gasteiger partial charge in [0.15, 0.2) is 0 Å². The van der Waals surface area contributed by atoms with Crippen LogP contribution >= 0.6 is 11.3 Å². The molecule has 0 spiro atoms. The molecule has 0 amide bonds. The van der Waals surface area contributed by atoms with Crippen LogP contribution < -0.4 is 5.32 Å². The second kappa shape index (κ2) is 4.91. The van der Waals surface area contributed by atoms with Crippen LogP contribution in [0.4, 0.5) is 11.5 Å². The minimum Gasteiger partial charge on any atom is -0.362 e. The highest BCUT2D eigenvalue weighted by molar-refractivity contribution is 7.09. The first-order chi connectivity index (χ1) is 8.16. The predicted molar refractivity (Wildman–Crippen MR) is 64.2 cm³/mol. The number of thiazole rings is 1. The van der Waals surface area contributed by atoms with Crippen molar-refractivity contribution in [2.45, 2.75) is 6.42 Å². The van der Waals surface area contributed by atoms with Gasteiger partial charge < -0.3 is 5.32 Å². The van der Waals surface area contributed by atoms with Gasteiger partial charge in [0.25, 0.3) is 0 Å². The lowest BCUT2D eigenvalue weighted by molar-refractivity contribution is -0.384. The Morgan fingerprint density at radius 2 is 2.47 bits per heavy atom. The number of anilines is 1. The lowest BCUT2D eigenvalue weighted by atomic mass is 10.4. The topological polar surface area (TPSA) is 85.9 Å². The Kier molecular flexibility index (Phi) is 3.33. The van der Waals surface area contributed by atoms with Gasteiger partial charge in [-0.05, 0) is 0 Å². The van der Waals surface area contributed by atoms with Crippen molar-refractivity contribution in [2.24, 2.45) is 7.05 Å². The van der Waals surface area contributed by atoms with E-state index in [1.807, 2.05) is 5.38 Å². The van der Waals surface area contributed by atoms with E-state index in [9.17, 15) is 10.1 Å². The Balaban J connectivity index is 1.96. The van der Waals surface area contributed by atoms with Crippen LogP contribution in [0.5, 0.6) is 0 Å². The van der Waals surface area contributed by atoms with Gasteiger partial charge in [-0.2, -0.15) is 0 Å². The molecule has 0 saturated carbocycles. The number of hydrogen-bond acceptors (Lipinski definition) is 6. The van der Waals surface area contributed by atoms with Gasteiger partial charge in [0.05, 0.1) is 9.93 Å². The number of aromatic nitrogens is 3. The molecular weight excluding hydrogens is 242 g/mol. The summed E-state index contributed by atoms with van der Waals surface area (Å²) in [5, 5.41) is 20.6. The number of nitro groups is 1. The number of nitrogens with one attached hydrogen (secondary N) is 1. The van der Waals surface area contributed by atoms with Gasteiger partial charge in [0.1, 0.15) is 6.20 Å². The molecule has 0 radical (unpaired) electrons. The van der Waals surface area contributed by atoms with E-state index in [0.717, 1.165) is 11.4 Å². The van der Waals surface area contributed by atoms with Gasteiger partial charge in [-0.3, -0.25) is 14.8 Å². The Hall–Kier alpha value is -1.96. The maximum atomic E-state index is 10.7. The molecule has 0 atom stereocenters. The summed E-state index contributed by atoms with van der Waals surface area (Å²) in [4.78, 5) is 14.4. The van der Waals surface area contributed by atoms with E-state index < -0.39 is 4.92 Å². The summed E-state index contributed by atoms with van der Waals surface area (Å²) < 4.78 is 1.42. The van der Waals surface area contributed by atoms with Crippen LogP contribution in [-0.2, 0) is 13.5 Å². The summed E-state index contributed by atoms with van der Waals surface area (Å²) in [5.41, 5.74) is -0.00774. The first-order valence-electron chi connectivity index (χ1n) is 4.97. The molecule has 0 unspecified atom stereocenters. The van der Waals surface area contributed by atoms with E-state index in [1.54, 1.807) is 24.6 Å². The summed E-state index contributed by atoms with van der Waals surface area (Å²) in [6.45, 7) is 0.575. The molecule has 2 aromatic heterocycles. The minimum atomic E-state index is -0.446. The van der Waals surface area contributed by atoms with Crippen LogP contribution in [0.15, 0.2) is 17.8 Å². The van der Waals surface area contributed by atoms with Crippen molar-refractivity contribution in [1.29, 1.82) is 0 Å². The Bertz CT molecular complexity index is 507. The third kappa shape index (κ3) is 2.78. The van der Waals surface area contributed by atoms with Gasteiger partial charge >= 0.3 is 5.69 Å². The quantitative estimate of drug-likeness (QED) is 0.643. The van der Waals surface area contributed by atoms with E-state index >= 15 is 0 Å². The summed E-state index contributed by atoms with van der Waals surface area (Å²) in [6, 6.07) is 0. The second-order valence-corrected chi connectivity index (χ2v) is 4.38. The standard InChI is InChI=1S/C9H11N5O2S/c1-13-6-7(14(15)16)9(12-13)11-3-2-8-10-4-5-17-8/h4-6H,2-3H2,1H3,(H,11,12). The molecule has 0 saturated heterocycles. The molecule has 0 aliphatic rings. The van der Waals surface area contributed by atoms with Gasteiger partial charge in [-0.1, -0.05) is 0 Å². The maximum Gasteiger partial charge on any atom is 0.330 e. The largest absolute Gasteiger partial charge is 0.362 e. The summed E-state index contributed by atoms with van der Waals surface area (Å²) in [5.74, 6) is 0.300. The van der Waals surface area contributed by atoms with E-state index in [2.05, 4.69) is 15.4 Å². The molecule has 0 bridgehead atoms. The minimum absolute atomic E-state index is 0.00774. The molecule has 17 heavy (non-hydrogen) atoms. The predicted octanol–water partition coefficient (Wildman–Crippen LogP) is 1.44. The van der Waals surface area contributed by atoms with Crippen molar-refractivity contribution >= 4 is 22.8 Å². The molecule has 0 aliphatic heterocycles. The van der Waals surface area contributed by atoms with E-state index in [0.29, 0.717) is 12.4 Å². The van der Waals surface area contributed by atoms with E-state index in [4.69, 9.17) is 0 Å². The highest BCUT2D eigenvalue weighted by atomic mass is 32.1. The second-order valence-electron chi connectivity index (χ2n) is 3.40. The summed E-state index contributed by atoms with van der Waals surface area (Å²) in [7, 11) is 1.65. The summed E-state index contributed by atoms with van der Waals surface area (Å²) >= 11 is 1.56. The fourth-order valence-corrected chi connectivity index (χ4v) is 2.02. The van der Waals surface area contributed by atoms with E-state index in [1.165, 1.54) is 10.9 Å². The monoisotopic (exact) mass is 253 g/mol. The molecular formula is C9H11N5O2S. The van der Waals surface area contributed by atoms with Crippen LogP contribution in [-0.4, -0.2) is 26.2 Å². The van der Waals surface area contributed by atoms with Crippen molar-refractivity contribution in [3.05, 3.63) is 32.9 Å². The van der Waals surface area contributed by atoms with Crippen molar-refractivity contribution in [1.82, 2.24) is 14.8 Å². The van der Waals surface area contributed by atoms with Crippen molar-refractivity contribution < 1.29 is 4.92 Å². The zero-order valence-corrected chi connectivity index (χ0v) is 9.98.